The van der Waals surface area contributed by atoms with Crippen LogP contribution in [0.3, 0.4) is 0 Å². The highest BCUT2D eigenvalue weighted by molar-refractivity contribution is 9.12. The quantitative estimate of drug-likeness (QED) is 0.678. The maximum Gasteiger partial charge on any atom is 0.403 e. The molecule has 0 aliphatic carbocycles. The average molecular weight is 281 g/mol. The van der Waals surface area contributed by atoms with Gasteiger partial charge in [-0.25, -0.2) is 0 Å². The third kappa shape index (κ3) is 2.88. The minimum Gasteiger partial charge on any atom is -0.197 e. The van der Waals surface area contributed by atoms with Crippen molar-refractivity contribution in [2.75, 3.05) is 0 Å². The van der Waals surface area contributed by atoms with Gasteiger partial charge in [0.1, 0.15) is 9.65 Å². The van der Waals surface area contributed by atoms with Crippen LogP contribution in [0.15, 0.2) is 0 Å². The summed E-state index contributed by atoms with van der Waals surface area (Å²) in [4.78, 5) is -3.03. The molecule has 0 amide bonds. The molecule has 0 aromatic carbocycles. The van der Waals surface area contributed by atoms with Crippen molar-refractivity contribution in [2.45, 2.75) is 15.8 Å². The predicted molar refractivity (Wildman–Crippen MR) is 37.1 cm³/mol. The minimum absolute atomic E-state index is 1.23. The second kappa shape index (κ2) is 3.58. The Labute approximate surface area is 72.5 Å². The molecule has 0 saturated carbocycles. The lowest BCUT2D eigenvalue weighted by atomic mass is 10.3. The fourth-order valence-electron chi connectivity index (χ4n) is 0.231. The Morgan fingerprint density at radius 2 is 1.70 bits per heavy atom. The average Bonchev–Trinajstić information content (AvgIpc) is 1.83. The van der Waals surface area contributed by atoms with Crippen molar-refractivity contribution in [1.82, 2.24) is 0 Å². The third-order valence-electron chi connectivity index (χ3n) is 0.693. The standard InChI is InChI=1S/C4H2Br2F3N/c5-2(1-10)3(6)4(7,8)9/h2-3H. The van der Waals surface area contributed by atoms with Gasteiger partial charge in [0.05, 0.1) is 6.07 Å². The van der Waals surface area contributed by atoms with Crippen LogP contribution < -0.4 is 0 Å². The number of hydrogen-bond donors (Lipinski definition) is 0. The number of halogens is 5. The van der Waals surface area contributed by atoms with Crippen LogP contribution in [-0.2, 0) is 0 Å². The summed E-state index contributed by atoms with van der Waals surface area (Å²) in [6.45, 7) is 0. The molecule has 0 aromatic heterocycles. The van der Waals surface area contributed by atoms with E-state index in [9.17, 15) is 13.2 Å². The fraction of sp³-hybridized carbons (Fsp3) is 0.750. The Bertz CT molecular complexity index is 150. The summed E-state index contributed by atoms with van der Waals surface area (Å²) in [6.07, 6.45) is -4.37. The normalized spacial score (nSPS) is 17.6. The van der Waals surface area contributed by atoms with Crippen LogP contribution in [0.5, 0.6) is 0 Å². The van der Waals surface area contributed by atoms with E-state index in [0.29, 0.717) is 0 Å². The fourth-order valence-corrected chi connectivity index (χ4v) is 0.649. The van der Waals surface area contributed by atoms with Gasteiger partial charge < -0.3 is 0 Å². The second-order valence-corrected chi connectivity index (χ2v) is 3.45. The summed E-state index contributed by atoms with van der Waals surface area (Å²) in [6, 6.07) is 1.42. The third-order valence-corrected chi connectivity index (χ3v) is 3.18. The maximum atomic E-state index is 11.7. The van der Waals surface area contributed by atoms with E-state index in [0.717, 1.165) is 0 Å². The van der Waals surface area contributed by atoms with Gasteiger partial charge in [-0.2, -0.15) is 18.4 Å². The molecule has 0 N–H and O–H groups in total. The van der Waals surface area contributed by atoms with E-state index in [-0.39, 0.29) is 0 Å². The monoisotopic (exact) mass is 279 g/mol. The van der Waals surface area contributed by atoms with Crippen molar-refractivity contribution < 1.29 is 13.2 Å². The number of hydrogen-bond acceptors (Lipinski definition) is 1. The summed E-state index contributed by atoms with van der Waals surface area (Å²) in [5.74, 6) is 0. The van der Waals surface area contributed by atoms with Crippen LogP contribution in [0.1, 0.15) is 0 Å². The molecule has 0 fully saturated rings. The van der Waals surface area contributed by atoms with Crippen molar-refractivity contribution in [3.05, 3.63) is 0 Å². The highest BCUT2D eigenvalue weighted by Crippen LogP contribution is 2.31. The van der Waals surface area contributed by atoms with E-state index >= 15 is 0 Å². The van der Waals surface area contributed by atoms with E-state index < -0.39 is 15.8 Å². The molecular formula is C4H2Br2F3N. The summed E-state index contributed by atoms with van der Waals surface area (Å²) in [5.41, 5.74) is 0. The van der Waals surface area contributed by atoms with Crippen molar-refractivity contribution in [3.63, 3.8) is 0 Å². The van der Waals surface area contributed by atoms with Crippen molar-refractivity contribution in [3.8, 4) is 6.07 Å². The van der Waals surface area contributed by atoms with Crippen LogP contribution in [0, 0.1) is 11.3 Å². The van der Waals surface area contributed by atoms with Gasteiger partial charge in [-0.3, -0.25) is 0 Å². The molecule has 2 atom stereocenters. The summed E-state index contributed by atoms with van der Waals surface area (Å²) >= 11 is 4.88. The van der Waals surface area contributed by atoms with Gasteiger partial charge in [0.2, 0.25) is 0 Å². The van der Waals surface area contributed by atoms with E-state index in [1.807, 2.05) is 0 Å². The van der Waals surface area contributed by atoms with Gasteiger partial charge in [0, 0.05) is 0 Å². The topological polar surface area (TPSA) is 23.8 Å². The lowest BCUT2D eigenvalue weighted by Crippen LogP contribution is -2.30. The first-order chi connectivity index (χ1) is 4.39. The van der Waals surface area contributed by atoms with Gasteiger partial charge in [0.15, 0.2) is 0 Å². The Morgan fingerprint density at radius 3 is 1.80 bits per heavy atom. The Kier molecular flexibility index (Phi) is 3.66. The van der Waals surface area contributed by atoms with Gasteiger partial charge >= 0.3 is 6.18 Å². The van der Waals surface area contributed by atoms with Crippen molar-refractivity contribution >= 4 is 31.9 Å². The zero-order chi connectivity index (χ0) is 8.36. The first-order valence-corrected chi connectivity index (χ1v) is 3.97. The summed E-state index contributed by atoms with van der Waals surface area (Å²) < 4.78 is 35.0. The molecule has 0 rings (SSSR count). The van der Waals surface area contributed by atoms with E-state index in [2.05, 4.69) is 31.9 Å². The van der Waals surface area contributed by atoms with E-state index in [1.165, 1.54) is 6.07 Å². The molecule has 6 heteroatoms. The molecule has 0 saturated heterocycles. The molecule has 0 aliphatic rings. The first kappa shape index (κ1) is 10.2. The van der Waals surface area contributed by atoms with Crippen LogP contribution >= 0.6 is 31.9 Å². The molecule has 10 heavy (non-hydrogen) atoms. The van der Waals surface area contributed by atoms with Gasteiger partial charge in [-0.15, -0.1) is 0 Å². The Morgan fingerprint density at radius 1 is 1.30 bits per heavy atom. The second-order valence-electron chi connectivity index (χ2n) is 1.47. The summed E-state index contributed by atoms with van der Waals surface area (Å²) in [7, 11) is 0. The zero-order valence-electron chi connectivity index (χ0n) is 4.49. The largest absolute Gasteiger partial charge is 0.403 e. The maximum absolute atomic E-state index is 11.7. The van der Waals surface area contributed by atoms with Crippen molar-refractivity contribution in [2.24, 2.45) is 0 Å². The van der Waals surface area contributed by atoms with Crippen LogP contribution in [-0.4, -0.2) is 15.8 Å². The van der Waals surface area contributed by atoms with Gasteiger partial charge in [0.25, 0.3) is 0 Å². The van der Waals surface area contributed by atoms with Crippen molar-refractivity contribution in [1.29, 1.82) is 5.26 Å². The zero-order valence-corrected chi connectivity index (χ0v) is 7.66. The smallest absolute Gasteiger partial charge is 0.197 e. The Balaban J connectivity index is 4.11. The molecule has 0 bridgehead atoms. The van der Waals surface area contributed by atoms with Gasteiger partial charge in [-0.1, -0.05) is 31.9 Å². The number of nitrogens with zero attached hydrogens (tertiary/aromatic N) is 1. The molecule has 2 unspecified atom stereocenters. The molecule has 1 nitrogen and oxygen atoms in total. The number of alkyl halides is 5. The molecule has 58 valence electrons. The number of nitriles is 1. The predicted octanol–water partition coefficient (Wildman–Crippen LogP) is 2.60. The minimum atomic E-state index is -4.37. The highest BCUT2D eigenvalue weighted by Gasteiger charge is 2.42. The van der Waals surface area contributed by atoms with Crippen LogP contribution in [0.4, 0.5) is 13.2 Å². The molecule has 0 heterocycles. The van der Waals surface area contributed by atoms with Crippen LogP contribution in [0.25, 0.3) is 0 Å². The van der Waals surface area contributed by atoms with E-state index in [1.54, 1.807) is 0 Å². The Hall–Kier alpha value is 0.240. The summed E-state index contributed by atoms with van der Waals surface area (Å²) in [5, 5.41) is 8.04. The molecule has 0 spiro atoms. The lowest BCUT2D eigenvalue weighted by molar-refractivity contribution is -0.124. The molecule has 0 aromatic rings. The SMILES string of the molecule is N#CC(Br)C(Br)C(F)(F)F. The van der Waals surface area contributed by atoms with Gasteiger partial charge in [-0.05, 0) is 0 Å². The van der Waals surface area contributed by atoms with Crippen LogP contribution in [0.2, 0.25) is 0 Å². The molecular weight excluding hydrogens is 279 g/mol. The first-order valence-electron chi connectivity index (χ1n) is 2.14. The lowest BCUT2D eigenvalue weighted by Gasteiger charge is -2.13. The molecule has 0 aliphatic heterocycles. The molecule has 0 radical (unpaired) electrons. The highest BCUT2D eigenvalue weighted by atomic mass is 79.9. The number of rotatable bonds is 1. The van der Waals surface area contributed by atoms with E-state index in [4.69, 9.17) is 5.26 Å².